The number of amides is 1. The Morgan fingerprint density at radius 1 is 0.971 bits per heavy atom. The van der Waals surface area contributed by atoms with E-state index in [2.05, 4.69) is 4.72 Å². The number of aliphatic hydroxyl groups excluding tert-OH is 1. The lowest BCUT2D eigenvalue weighted by Crippen LogP contribution is -2.62. The fourth-order valence-electron chi connectivity index (χ4n) is 3.71. The molecule has 188 valence electrons. The fraction of sp³-hybridized carbons (Fsp3) is 0.480. The normalized spacial score (nSPS) is 15.4. The van der Waals surface area contributed by atoms with Gasteiger partial charge in [0, 0.05) is 5.54 Å². The smallest absolute Gasteiger partial charge is 0.408 e. The van der Waals surface area contributed by atoms with E-state index in [9.17, 15) is 23.4 Å². The van der Waals surface area contributed by atoms with Crippen LogP contribution in [0.4, 0.5) is 4.79 Å². The van der Waals surface area contributed by atoms with Gasteiger partial charge in [-0.2, -0.15) is 4.72 Å². The lowest BCUT2D eigenvalue weighted by molar-refractivity contribution is -0.137. The summed E-state index contributed by atoms with van der Waals surface area (Å²) >= 11 is 0. The molecule has 0 aliphatic heterocycles. The number of carboxylic acid groups (broad SMARTS) is 1. The molecule has 1 amide bonds. The van der Waals surface area contributed by atoms with Gasteiger partial charge in [-0.15, -0.1) is 0 Å². The molecule has 2 aromatic rings. The third-order valence-corrected chi connectivity index (χ3v) is 6.49. The minimum Gasteiger partial charge on any atom is -0.465 e. The molecule has 0 aliphatic carbocycles. The van der Waals surface area contributed by atoms with Crippen molar-refractivity contribution in [1.82, 2.24) is 9.62 Å². The minimum atomic E-state index is -4.07. The van der Waals surface area contributed by atoms with Crippen molar-refractivity contribution in [3.63, 3.8) is 0 Å². The molecule has 0 saturated heterocycles. The summed E-state index contributed by atoms with van der Waals surface area (Å²) in [4.78, 5) is 13.5. The van der Waals surface area contributed by atoms with E-state index < -0.39 is 45.6 Å². The maximum Gasteiger partial charge on any atom is 0.408 e. The molecule has 0 heterocycles. The van der Waals surface area contributed by atoms with Gasteiger partial charge in [-0.1, -0.05) is 48.5 Å². The average molecular weight is 493 g/mol. The predicted octanol–water partition coefficient (Wildman–Crippen LogP) is 3.86. The SMILES string of the molecule is CC(C)(C)OC(NS(=O)(=O)c1ccccc1)[C@H](O)[C@H](Cc1ccccc1)N(C(=O)O)C(C)(C)C. The zero-order valence-electron chi connectivity index (χ0n) is 20.6. The molecule has 3 atom stereocenters. The Kier molecular flexibility index (Phi) is 8.87. The quantitative estimate of drug-likeness (QED) is 0.458. The highest BCUT2D eigenvalue weighted by Crippen LogP contribution is 2.26. The first-order valence-electron chi connectivity index (χ1n) is 11.1. The lowest BCUT2D eigenvalue weighted by atomic mass is 9.94. The van der Waals surface area contributed by atoms with E-state index in [1.54, 1.807) is 59.7 Å². The molecule has 9 heteroatoms. The molecule has 2 aromatic carbocycles. The number of nitrogens with zero attached hydrogens (tertiary/aromatic N) is 1. The molecule has 0 saturated carbocycles. The van der Waals surface area contributed by atoms with Crippen LogP contribution in [0, 0.1) is 0 Å². The Labute approximate surface area is 202 Å². The van der Waals surface area contributed by atoms with Gasteiger partial charge in [0.2, 0.25) is 10.0 Å². The van der Waals surface area contributed by atoms with Gasteiger partial charge in [0.25, 0.3) is 0 Å². The van der Waals surface area contributed by atoms with E-state index in [0.717, 1.165) is 10.5 Å². The second kappa shape index (κ2) is 10.9. The molecule has 8 nitrogen and oxygen atoms in total. The van der Waals surface area contributed by atoms with Crippen molar-refractivity contribution in [3.8, 4) is 0 Å². The van der Waals surface area contributed by atoms with Crippen molar-refractivity contribution in [2.75, 3.05) is 0 Å². The first-order chi connectivity index (χ1) is 15.6. The Bertz CT molecular complexity index is 1030. The number of nitrogens with one attached hydrogen (secondary N) is 1. The van der Waals surface area contributed by atoms with Gasteiger partial charge in [0.1, 0.15) is 12.3 Å². The summed E-state index contributed by atoms with van der Waals surface area (Å²) in [5.41, 5.74) is -0.920. The first-order valence-corrected chi connectivity index (χ1v) is 12.6. The molecule has 1 unspecified atom stereocenters. The highest BCUT2D eigenvalue weighted by molar-refractivity contribution is 7.89. The summed E-state index contributed by atoms with van der Waals surface area (Å²) in [6, 6.07) is 15.9. The second-order valence-corrected chi connectivity index (χ2v) is 11.9. The van der Waals surface area contributed by atoms with Gasteiger partial charge in [0.05, 0.1) is 16.5 Å². The van der Waals surface area contributed by atoms with Crippen molar-refractivity contribution in [2.24, 2.45) is 0 Å². The average Bonchev–Trinajstić information content (AvgIpc) is 2.71. The Morgan fingerprint density at radius 3 is 1.91 bits per heavy atom. The highest BCUT2D eigenvalue weighted by atomic mass is 32.2. The van der Waals surface area contributed by atoms with Crippen LogP contribution in [0.15, 0.2) is 65.6 Å². The largest absolute Gasteiger partial charge is 0.465 e. The molecule has 0 spiro atoms. The van der Waals surface area contributed by atoms with Gasteiger partial charge in [-0.25, -0.2) is 13.2 Å². The maximum absolute atomic E-state index is 13.1. The second-order valence-electron chi connectivity index (χ2n) is 10.2. The topological polar surface area (TPSA) is 116 Å². The van der Waals surface area contributed by atoms with Crippen molar-refractivity contribution >= 4 is 16.1 Å². The summed E-state index contributed by atoms with van der Waals surface area (Å²) in [5, 5.41) is 21.6. The molecule has 34 heavy (non-hydrogen) atoms. The fourth-order valence-corrected chi connectivity index (χ4v) is 4.86. The van der Waals surface area contributed by atoms with Crippen LogP contribution >= 0.6 is 0 Å². The van der Waals surface area contributed by atoms with Crippen molar-refractivity contribution < 1.29 is 28.2 Å². The van der Waals surface area contributed by atoms with Crippen LogP contribution < -0.4 is 4.72 Å². The van der Waals surface area contributed by atoms with E-state index >= 15 is 0 Å². The van der Waals surface area contributed by atoms with Crippen molar-refractivity contribution in [1.29, 1.82) is 0 Å². The van der Waals surface area contributed by atoms with E-state index in [1.807, 2.05) is 30.3 Å². The summed E-state index contributed by atoms with van der Waals surface area (Å²) < 4.78 is 34.6. The summed E-state index contributed by atoms with van der Waals surface area (Å²) in [6.07, 6.45) is -4.01. The van der Waals surface area contributed by atoms with Crippen LogP contribution in [0.2, 0.25) is 0 Å². The third kappa shape index (κ3) is 7.80. The van der Waals surface area contributed by atoms with Crippen molar-refractivity contribution in [3.05, 3.63) is 66.2 Å². The van der Waals surface area contributed by atoms with E-state index in [4.69, 9.17) is 4.74 Å². The van der Waals surface area contributed by atoms with Gasteiger partial charge in [-0.05, 0) is 65.7 Å². The van der Waals surface area contributed by atoms with Gasteiger partial charge in [-0.3, -0.25) is 4.90 Å². The number of sulfonamides is 1. The number of hydrogen-bond donors (Lipinski definition) is 3. The molecule has 3 N–H and O–H groups in total. The first kappa shape index (κ1) is 27.8. The van der Waals surface area contributed by atoms with Crippen molar-refractivity contribution in [2.45, 2.75) is 82.4 Å². The van der Waals surface area contributed by atoms with Gasteiger partial charge < -0.3 is 14.9 Å². The zero-order valence-corrected chi connectivity index (χ0v) is 21.4. The van der Waals surface area contributed by atoms with E-state index in [-0.39, 0.29) is 11.3 Å². The Balaban J connectivity index is 2.53. The molecular weight excluding hydrogens is 456 g/mol. The number of benzene rings is 2. The standard InChI is InChI=1S/C25H36N2O6S/c1-24(2,3)27(23(29)30)20(17-18-13-9-7-10-14-18)21(28)22(33-25(4,5)6)26-34(31,32)19-15-11-8-12-16-19/h7-16,20-22,26,28H,17H2,1-6H3,(H,29,30)/t20-,21+,22?/m0/s1. The number of hydrogen-bond acceptors (Lipinski definition) is 5. The minimum absolute atomic E-state index is 0.00947. The molecule has 0 bridgehead atoms. The van der Waals surface area contributed by atoms with Crippen LogP contribution in [-0.4, -0.2) is 59.1 Å². The van der Waals surface area contributed by atoms with Crippen LogP contribution in [0.3, 0.4) is 0 Å². The Morgan fingerprint density at radius 2 is 1.47 bits per heavy atom. The monoisotopic (exact) mass is 492 g/mol. The van der Waals surface area contributed by atoms with Crippen LogP contribution in [0.1, 0.15) is 47.1 Å². The molecule has 0 aromatic heterocycles. The van der Waals surface area contributed by atoms with Crippen LogP contribution in [-0.2, 0) is 21.2 Å². The van der Waals surface area contributed by atoms with Crippen LogP contribution in [0.25, 0.3) is 0 Å². The van der Waals surface area contributed by atoms with E-state index in [1.165, 1.54) is 12.1 Å². The predicted molar refractivity (Wildman–Crippen MR) is 131 cm³/mol. The van der Waals surface area contributed by atoms with Crippen LogP contribution in [0.5, 0.6) is 0 Å². The summed E-state index contributed by atoms with van der Waals surface area (Å²) in [5.74, 6) is 0. The van der Waals surface area contributed by atoms with E-state index in [0.29, 0.717) is 0 Å². The molecular formula is C25H36N2O6S. The number of carbonyl (C=O) groups is 1. The molecule has 0 radical (unpaired) electrons. The molecule has 0 fully saturated rings. The number of rotatable bonds is 9. The van der Waals surface area contributed by atoms with Gasteiger partial charge in [0.15, 0.2) is 0 Å². The zero-order chi connectivity index (χ0) is 25.7. The number of ether oxygens (including phenoxy) is 1. The third-order valence-electron chi connectivity index (χ3n) is 5.06. The van der Waals surface area contributed by atoms with Gasteiger partial charge >= 0.3 is 6.09 Å². The summed E-state index contributed by atoms with van der Waals surface area (Å²) in [7, 11) is -4.07. The number of aliphatic hydroxyl groups is 1. The summed E-state index contributed by atoms with van der Waals surface area (Å²) in [6.45, 7) is 10.4. The highest BCUT2D eigenvalue weighted by Gasteiger charge is 2.42. The molecule has 0 aliphatic rings. The molecule has 2 rings (SSSR count). The lowest BCUT2D eigenvalue weighted by Gasteiger charge is -2.44. The Hall–Kier alpha value is -2.46. The maximum atomic E-state index is 13.1.